The van der Waals surface area contributed by atoms with Crippen LogP contribution in [-0.4, -0.2) is 34.0 Å². The summed E-state index contributed by atoms with van der Waals surface area (Å²) < 4.78 is 0. The van der Waals surface area contributed by atoms with E-state index in [1.807, 2.05) is 27.7 Å². The number of rotatable bonds is 5. The van der Waals surface area contributed by atoms with Gasteiger partial charge >= 0.3 is 0 Å². The molecule has 0 aliphatic carbocycles. The first kappa shape index (κ1) is 16.0. The quantitative estimate of drug-likeness (QED) is 0.646. The fourth-order valence-corrected chi connectivity index (χ4v) is 1.58. The summed E-state index contributed by atoms with van der Waals surface area (Å²) in [4.78, 5) is 20.1. The van der Waals surface area contributed by atoms with Crippen molar-refractivity contribution in [3.8, 4) is 0 Å². The zero-order valence-electron chi connectivity index (χ0n) is 12.7. The summed E-state index contributed by atoms with van der Waals surface area (Å²) >= 11 is 0. The van der Waals surface area contributed by atoms with Crippen LogP contribution in [0.2, 0.25) is 0 Å². The molecular weight excluding hydrogens is 256 g/mol. The number of nitrogen functional groups attached to an aromatic ring is 1. The lowest BCUT2D eigenvalue weighted by atomic mass is 10.1. The largest absolute Gasteiger partial charge is 0.370 e. The van der Waals surface area contributed by atoms with E-state index >= 15 is 0 Å². The summed E-state index contributed by atoms with van der Waals surface area (Å²) in [5.74, 6) is 1.21. The van der Waals surface area contributed by atoms with E-state index in [4.69, 9.17) is 5.73 Å². The standard InChI is InChI=1S/C13H24N6O/c1-6-15-9-7-10(18-12(14)17-9)16-8(2)11(20)19-13(3,4)5/h7-8H,6H2,1-5H3,(H,19,20)(H4,14,15,16,17,18). The first-order valence-electron chi connectivity index (χ1n) is 6.68. The third-order valence-electron chi connectivity index (χ3n) is 2.36. The molecule has 0 aliphatic rings. The summed E-state index contributed by atoms with van der Waals surface area (Å²) in [5, 5.41) is 8.98. The molecule has 5 N–H and O–H groups in total. The summed E-state index contributed by atoms with van der Waals surface area (Å²) in [5.41, 5.74) is 5.37. The number of nitrogens with zero attached hydrogens (tertiary/aromatic N) is 2. The lowest BCUT2D eigenvalue weighted by Gasteiger charge is -2.24. The molecule has 1 rings (SSSR count). The van der Waals surface area contributed by atoms with Gasteiger partial charge in [-0.1, -0.05) is 0 Å². The van der Waals surface area contributed by atoms with Gasteiger partial charge < -0.3 is 21.7 Å². The number of carbonyl (C=O) groups excluding carboxylic acids is 1. The Morgan fingerprint density at radius 2 is 1.95 bits per heavy atom. The Labute approximate surface area is 119 Å². The fourth-order valence-electron chi connectivity index (χ4n) is 1.58. The van der Waals surface area contributed by atoms with Crippen LogP contribution in [0.25, 0.3) is 0 Å². The first-order valence-corrected chi connectivity index (χ1v) is 6.68. The number of nitrogens with two attached hydrogens (primary N) is 1. The minimum Gasteiger partial charge on any atom is -0.370 e. The van der Waals surface area contributed by atoms with Crippen molar-refractivity contribution in [1.82, 2.24) is 15.3 Å². The van der Waals surface area contributed by atoms with Crippen LogP contribution in [0.3, 0.4) is 0 Å². The van der Waals surface area contributed by atoms with E-state index in [1.165, 1.54) is 0 Å². The van der Waals surface area contributed by atoms with Crippen molar-refractivity contribution in [2.24, 2.45) is 0 Å². The minimum absolute atomic E-state index is 0.0975. The number of hydrogen-bond donors (Lipinski definition) is 4. The second-order valence-corrected chi connectivity index (χ2v) is 5.63. The van der Waals surface area contributed by atoms with Crippen molar-refractivity contribution in [3.63, 3.8) is 0 Å². The van der Waals surface area contributed by atoms with Gasteiger partial charge in [-0.3, -0.25) is 4.79 Å². The van der Waals surface area contributed by atoms with E-state index in [0.717, 1.165) is 6.54 Å². The van der Waals surface area contributed by atoms with Crippen molar-refractivity contribution in [3.05, 3.63) is 6.07 Å². The number of carbonyl (C=O) groups is 1. The molecule has 1 aromatic heterocycles. The molecule has 1 atom stereocenters. The highest BCUT2D eigenvalue weighted by Gasteiger charge is 2.19. The van der Waals surface area contributed by atoms with Crippen LogP contribution in [0.15, 0.2) is 6.07 Å². The Bertz CT molecular complexity index is 468. The van der Waals surface area contributed by atoms with Gasteiger partial charge in [0.25, 0.3) is 0 Å². The van der Waals surface area contributed by atoms with E-state index in [1.54, 1.807) is 13.0 Å². The SMILES string of the molecule is CCNc1cc(NC(C)C(=O)NC(C)(C)C)nc(N)n1. The van der Waals surface area contributed by atoms with Gasteiger partial charge in [0, 0.05) is 18.2 Å². The zero-order valence-corrected chi connectivity index (χ0v) is 12.7. The Morgan fingerprint density at radius 3 is 2.50 bits per heavy atom. The zero-order chi connectivity index (χ0) is 15.3. The number of amides is 1. The molecular formula is C13H24N6O. The molecule has 1 aromatic rings. The van der Waals surface area contributed by atoms with E-state index in [9.17, 15) is 4.79 Å². The second-order valence-electron chi connectivity index (χ2n) is 5.63. The lowest BCUT2D eigenvalue weighted by molar-refractivity contribution is -0.122. The highest BCUT2D eigenvalue weighted by molar-refractivity contribution is 5.84. The fraction of sp³-hybridized carbons (Fsp3) is 0.615. The molecule has 0 bridgehead atoms. The highest BCUT2D eigenvalue weighted by atomic mass is 16.2. The summed E-state index contributed by atoms with van der Waals surface area (Å²) in [6.07, 6.45) is 0. The number of aromatic nitrogens is 2. The molecule has 112 valence electrons. The monoisotopic (exact) mass is 280 g/mol. The molecule has 0 saturated heterocycles. The molecule has 7 heteroatoms. The van der Waals surface area contributed by atoms with Crippen LogP contribution < -0.4 is 21.7 Å². The lowest BCUT2D eigenvalue weighted by Crippen LogP contribution is -2.47. The summed E-state index contributed by atoms with van der Waals surface area (Å²) in [7, 11) is 0. The first-order chi connectivity index (χ1) is 9.21. The Hall–Kier alpha value is -2.05. The maximum atomic E-state index is 12.0. The van der Waals surface area contributed by atoms with Crippen LogP contribution in [0, 0.1) is 0 Å². The molecule has 7 nitrogen and oxygen atoms in total. The number of anilines is 3. The summed E-state index contributed by atoms with van der Waals surface area (Å²) in [6, 6.07) is 1.30. The number of hydrogen-bond acceptors (Lipinski definition) is 6. The predicted octanol–water partition coefficient (Wildman–Crippen LogP) is 1.21. The van der Waals surface area contributed by atoms with Gasteiger partial charge in [-0.15, -0.1) is 0 Å². The van der Waals surface area contributed by atoms with E-state index in [2.05, 4.69) is 25.9 Å². The maximum absolute atomic E-state index is 12.0. The third-order valence-corrected chi connectivity index (χ3v) is 2.36. The highest BCUT2D eigenvalue weighted by Crippen LogP contribution is 2.13. The predicted molar refractivity (Wildman–Crippen MR) is 81.6 cm³/mol. The third kappa shape index (κ3) is 5.29. The topological polar surface area (TPSA) is 105 Å². The van der Waals surface area contributed by atoms with Gasteiger partial charge in [-0.25, -0.2) is 0 Å². The Kier molecular flexibility index (Phi) is 5.12. The second kappa shape index (κ2) is 6.40. The van der Waals surface area contributed by atoms with Gasteiger partial charge in [0.15, 0.2) is 0 Å². The van der Waals surface area contributed by atoms with E-state index in [0.29, 0.717) is 11.6 Å². The molecule has 0 saturated carbocycles. The van der Waals surface area contributed by atoms with Crippen molar-refractivity contribution in [2.45, 2.75) is 46.2 Å². The van der Waals surface area contributed by atoms with E-state index in [-0.39, 0.29) is 17.4 Å². The maximum Gasteiger partial charge on any atom is 0.242 e. The smallest absolute Gasteiger partial charge is 0.242 e. The Morgan fingerprint density at radius 1 is 1.35 bits per heavy atom. The van der Waals surface area contributed by atoms with Crippen LogP contribution in [-0.2, 0) is 4.79 Å². The van der Waals surface area contributed by atoms with Gasteiger partial charge in [0.2, 0.25) is 11.9 Å². The molecule has 0 radical (unpaired) electrons. The average molecular weight is 280 g/mol. The van der Waals surface area contributed by atoms with Crippen LogP contribution >= 0.6 is 0 Å². The van der Waals surface area contributed by atoms with Gasteiger partial charge in [0.1, 0.15) is 17.7 Å². The van der Waals surface area contributed by atoms with Crippen LogP contribution in [0.5, 0.6) is 0 Å². The van der Waals surface area contributed by atoms with E-state index < -0.39 is 6.04 Å². The normalized spacial score (nSPS) is 12.7. The molecule has 1 amide bonds. The molecule has 0 aromatic carbocycles. The van der Waals surface area contributed by atoms with Crippen LogP contribution in [0.1, 0.15) is 34.6 Å². The van der Waals surface area contributed by atoms with Gasteiger partial charge in [0.05, 0.1) is 0 Å². The average Bonchev–Trinajstić information content (AvgIpc) is 2.26. The van der Waals surface area contributed by atoms with Crippen molar-refractivity contribution >= 4 is 23.5 Å². The molecule has 0 spiro atoms. The molecule has 20 heavy (non-hydrogen) atoms. The molecule has 1 heterocycles. The number of nitrogens with one attached hydrogen (secondary N) is 3. The van der Waals surface area contributed by atoms with Crippen molar-refractivity contribution in [2.75, 3.05) is 22.9 Å². The summed E-state index contributed by atoms with van der Waals surface area (Å²) in [6.45, 7) is 10.3. The molecule has 1 unspecified atom stereocenters. The molecule has 0 aliphatic heterocycles. The molecule has 0 fully saturated rings. The van der Waals surface area contributed by atoms with Gasteiger partial charge in [-0.05, 0) is 34.6 Å². The minimum atomic E-state index is -0.419. The van der Waals surface area contributed by atoms with Crippen molar-refractivity contribution in [1.29, 1.82) is 0 Å². The van der Waals surface area contributed by atoms with Crippen LogP contribution in [0.4, 0.5) is 17.6 Å². The van der Waals surface area contributed by atoms with Gasteiger partial charge in [-0.2, -0.15) is 9.97 Å². The Balaban J connectivity index is 2.74. The van der Waals surface area contributed by atoms with Crippen molar-refractivity contribution < 1.29 is 4.79 Å².